The van der Waals surface area contributed by atoms with Crippen LogP contribution in [-0.4, -0.2) is 46.5 Å². The molecule has 26 heavy (non-hydrogen) atoms. The number of benzene rings is 1. The highest BCUT2D eigenvalue weighted by atomic mass is 16.5. The third kappa shape index (κ3) is 2.99. The van der Waals surface area contributed by atoms with Crippen LogP contribution in [-0.2, 0) is 4.74 Å². The molecule has 1 aromatic carbocycles. The molecule has 1 unspecified atom stereocenters. The molecular formula is C21H23N3O2. The molecule has 0 N–H and O–H groups in total. The Kier molecular flexibility index (Phi) is 4.47. The maximum atomic E-state index is 13.0. The molecule has 4 rings (SSSR count). The van der Waals surface area contributed by atoms with Gasteiger partial charge in [-0.1, -0.05) is 12.1 Å². The van der Waals surface area contributed by atoms with Crippen LogP contribution in [0.5, 0.6) is 0 Å². The zero-order valence-electron chi connectivity index (χ0n) is 15.2. The second-order valence-corrected chi connectivity index (χ2v) is 6.90. The molecule has 134 valence electrons. The predicted molar refractivity (Wildman–Crippen MR) is 101 cm³/mol. The van der Waals surface area contributed by atoms with Crippen LogP contribution < -0.4 is 0 Å². The summed E-state index contributed by atoms with van der Waals surface area (Å²) in [6.45, 7) is 3.46. The minimum atomic E-state index is 0.0897. The number of methoxy groups -OCH3 is 1. The highest BCUT2D eigenvalue weighted by molar-refractivity contribution is 5.96. The molecule has 0 radical (unpaired) electrons. The molecule has 1 fully saturated rings. The average molecular weight is 349 g/mol. The maximum Gasteiger partial charge on any atom is 0.254 e. The van der Waals surface area contributed by atoms with Gasteiger partial charge in [-0.3, -0.25) is 4.79 Å². The number of hydrogen-bond acceptors (Lipinski definition) is 3. The van der Waals surface area contributed by atoms with Crippen molar-refractivity contribution in [3.63, 3.8) is 0 Å². The number of aryl methyl sites for hydroxylation is 1. The number of aromatic nitrogens is 2. The van der Waals surface area contributed by atoms with Crippen molar-refractivity contribution in [1.29, 1.82) is 0 Å². The summed E-state index contributed by atoms with van der Waals surface area (Å²) in [5, 5.41) is 0. The Balaban J connectivity index is 1.66. The molecule has 0 aliphatic carbocycles. The molecule has 3 heterocycles. The molecule has 1 aliphatic rings. The molecule has 1 atom stereocenters. The van der Waals surface area contributed by atoms with Crippen LogP contribution in [0, 0.1) is 6.92 Å². The number of likely N-dealkylation sites (tertiary alicyclic amines) is 1. The van der Waals surface area contributed by atoms with Crippen LogP contribution in [0.2, 0.25) is 0 Å². The topological polar surface area (TPSA) is 46.8 Å². The lowest BCUT2D eigenvalue weighted by molar-refractivity contribution is 0.0630. The van der Waals surface area contributed by atoms with E-state index in [2.05, 4.69) is 24.2 Å². The minimum Gasteiger partial charge on any atom is -0.383 e. The number of carbonyl (C=O) groups excluding carboxylic acids is 1. The first-order chi connectivity index (χ1) is 12.7. The normalized spacial score (nSPS) is 17.2. The van der Waals surface area contributed by atoms with E-state index < -0.39 is 0 Å². The van der Waals surface area contributed by atoms with E-state index in [0.717, 1.165) is 47.3 Å². The van der Waals surface area contributed by atoms with Gasteiger partial charge in [-0.15, -0.1) is 0 Å². The standard InChI is InChI=1S/C21H23N3O2/c1-15-11-18(13-23-10-8-22-20(15)23)16-5-3-6-17(12-16)21(25)24-9-4-7-19(24)14-26-2/h3,5-6,8,10-13,19H,4,7,9,14H2,1-2H3. The van der Waals surface area contributed by atoms with Crippen LogP contribution in [0.15, 0.2) is 48.9 Å². The van der Waals surface area contributed by atoms with Crippen molar-refractivity contribution in [2.45, 2.75) is 25.8 Å². The lowest BCUT2D eigenvalue weighted by atomic mass is 10.0. The molecule has 0 bridgehead atoms. The van der Waals surface area contributed by atoms with Crippen molar-refractivity contribution in [1.82, 2.24) is 14.3 Å². The largest absolute Gasteiger partial charge is 0.383 e. The van der Waals surface area contributed by atoms with Crippen LogP contribution >= 0.6 is 0 Å². The number of imidazole rings is 1. The molecule has 1 aliphatic heterocycles. The Morgan fingerprint density at radius 2 is 2.19 bits per heavy atom. The number of fused-ring (bicyclic) bond motifs is 1. The Morgan fingerprint density at radius 3 is 3.04 bits per heavy atom. The van der Waals surface area contributed by atoms with Crippen LogP contribution in [0.1, 0.15) is 28.8 Å². The summed E-state index contributed by atoms with van der Waals surface area (Å²) in [7, 11) is 1.69. The summed E-state index contributed by atoms with van der Waals surface area (Å²) in [4.78, 5) is 19.3. The van der Waals surface area contributed by atoms with Gasteiger partial charge in [0.25, 0.3) is 5.91 Å². The van der Waals surface area contributed by atoms with E-state index in [1.54, 1.807) is 13.3 Å². The zero-order valence-corrected chi connectivity index (χ0v) is 15.2. The Labute approximate surface area is 153 Å². The van der Waals surface area contributed by atoms with Gasteiger partial charge in [-0.2, -0.15) is 0 Å². The molecule has 0 saturated carbocycles. The molecular weight excluding hydrogens is 326 g/mol. The number of amides is 1. The van der Waals surface area contributed by atoms with Gasteiger partial charge >= 0.3 is 0 Å². The summed E-state index contributed by atoms with van der Waals surface area (Å²) in [5.74, 6) is 0.0897. The van der Waals surface area contributed by atoms with E-state index in [4.69, 9.17) is 4.74 Å². The summed E-state index contributed by atoms with van der Waals surface area (Å²) < 4.78 is 7.30. The highest BCUT2D eigenvalue weighted by Gasteiger charge is 2.29. The molecule has 1 saturated heterocycles. The lowest BCUT2D eigenvalue weighted by Gasteiger charge is -2.24. The van der Waals surface area contributed by atoms with Gasteiger partial charge in [0.1, 0.15) is 5.65 Å². The molecule has 3 aromatic rings. The van der Waals surface area contributed by atoms with Gasteiger partial charge in [0.05, 0.1) is 12.6 Å². The second kappa shape index (κ2) is 6.92. The SMILES string of the molecule is COCC1CCCN1C(=O)c1cccc(-c2cc(C)c3nccn3c2)c1. The van der Waals surface area contributed by atoms with Gasteiger partial charge in [0.15, 0.2) is 0 Å². The summed E-state index contributed by atoms with van der Waals surface area (Å²) in [5.41, 5.74) is 4.92. The molecule has 2 aromatic heterocycles. The van der Waals surface area contributed by atoms with Crippen LogP contribution in [0.4, 0.5) is 0 Å². The van der Waals surface area contributed by atoms with E-state index in [9.17, 15) is 4.79 Å². The first-order valence-corrected chi connectivity index (χ1v) is 9.01. The average Bonchev–Trinajstić information content (AvgIpc) is 3.31. The Hall–Kier alpha value is -2.66. The number of nitrogens with zero attached hydrogens (tertiary/aromatic N) is 3. The fourth-order valence-electron chi connectivity index (χ4n) is 3.83. The maximum absolute atomic E-state index is 13.0. The third-order valence-corrected chi connectivity index (χ3v) is 5.11. The van der Waals surface area contributed by atoms with E-state index in [1.807, 2.05) is 39.8 Å². The van der Waals surface area contributed by atoms with Crippen LogP contribution in [0.25, 0.3) is 16.8 Å². The van der Waals surface area contributed by atoms with Crippen molar-refractivity contribution in [3.05, 3.63) is 60.0 Å². The number of hydrogen-bond donors (Lipinski definition) is 0. The van der Waals surface area contributed by atoms with Crippen molar-refractivity contribution < 1.29 is 9.53 Å². The first kappa shape index (κ1) is 16.8. The van der Waals surface area contributed by atoms with Crippen molar-refractivity contribution in [2.24, 2.45) is 0 Å². The molecule has 0 spiro atoms. The van der Waals surface area contributed by atoms with Gasteiger partial charge in [-0.25, -0.2) is 4.98 Å². The number of pyridine rings is 1. The van der Waals surface area contributed by atoms with E-state index in [-0.39, 0.29) is 11.9 Å². The number of carbonyl (C=O) groups is 1. The fourth-order valence-corrected chi connectivity index (χ4v) is 3.83. The monoisotopic (exact) mass is 349 g/mol. The van der Waals surface area contributed by atoms with E-state index in [0.29, 0.717) is 6.61 Å². The Morgan fingerprint density at radius 1 is 1.31 bits per heavy atom. The van der Waals surface area contributed by atoms with E-state index in [1.165, 1.54) is 0 Å². The Bertz CT molecular complexity index is 947. The van der Waals surface area contributed by atoms with Crippen molar-refractivity contribution >= 4 is 11.6 Å². The molecule has 5 heteroatoms. The minimum absolute atomic E-state index is 0.0897. The lowest BCUT2D eigenvalue weighted by Crippen LogP contribution is -2.38. The van der Waals surface area contributed by atoms with Gasteiger partial charge in [0, 0.05) is 37.8 Å². The van der Waals surface area contributed by atoms with Crippen LogP contribution in [0.3, 0.4) is 0 Å². The van der Waals surface area contributed by atoms with Crippen molar-refractivity contribution in [3.8, 4) is 11.1 Å². The van der Waals surface area contributed by atoms with Gasteiger partial charge in [-0.05, 0) is 54.7 Å². The van der Waals surface area contributed by atoms with E-state index >= 15 is 0 Å². The van der Waals surface area contributed by atoms with Gasteiger partial charge in [0.2, 0.25) is 0 Å². The summed E-state index contributed by atoms with van der Waals surface area (Å²) in [6.07, 6.45) is 7.85. The quantitative estimate of drug-likeness (QED) is 0.723. The smallest absolute Gasteiger partial charge is 0.254 e. The van der Waals surface area contributed by atoms with Gasteiger partial charge < -0.3 is 14.0 Å². The highest BCUT2D eigenvalue weighted by Crippen LogP contribution is 2.26. The third-order valence-electron chi connectivity index (χ3n) is 5.11. The van der Waals surface area contributed by atoms with Crippen molar-refractivity contribution in [2.75, 3.05) is 20.3 Å². The predicted octanol–water partition coefficient (Wildman–Crippen LogP) is 3.56. The number of rotatable bonds is 4. The fraction of sp³-hybridized carbons (Fsp3) is 0.333. The molecule has 5 nitrogen and oxygen atoms in total. The molecule has 1 amide bonds. The number of ether oxygens (including phenoxy) is 1. The second-order valence-electron chi connectivity index (χ2n) is 6.90. The summed E-state index contributed by atoms with van der Waals surface area (Å²) >= 11 is 0. The summed E-state index contributed by atoms with van der Waals surface area (Å²) in [6, 6.07) is 10.2. The zero-order chi connectivity index (χ0) is 18.1. The first-order valence-electron chi connectivity index (χ1n) is 9.01.